The van der Waals surface area contributed by atoms with Crippen LogP contribution >= 0.6 is 0 Å². The molecule has 3 aromatic rings. The molecule has 0 aliphatic rings. The average Bonchev–Trinajstić information content (AvgIpc) is 2.63. The zero-order chi connectivity index (χ0) is 18.7. The number of aryl methyl sites for hydroxylation is 1. The fourth-order valence-electron chi connectivity index (χ4n) is 2.55. The lowest BCUT2D eigenvalue weighted by Crippen LogP contribution is -2.33. The third-order valence-corrected chi connectivity index (χ3v) is 3.94. The van der Waals surface area contributed by atoms with Crippen molar-refractivity contribution in [1.82, 2.24) is 20.1 Å². The molecule has 0 saturated heterocycles. The van der Waals surface area contributed by atoms with Crippen molar-refractivity contribution in [2.75, 3.05) is 0 Å². The Morgan fingerprint density at radius 1 is 1.23 bits per heavy atom. The Kier molecular flexibility index (Phi) is 4.88. The number of amides is 1. The quantitative estimate of drug-likeness (QED) is 0.783. The van der Waals surface area contributed by atoms with E-state index < -0.39 is 17.2 Å². The van der Waals surface area contributed by atoms with E-state index in [1.807, 2.05) is 6.07 Å². The number of carbonyl (C=O) groups is 1. The summed E-state index contributed by atoms with van der Waals surface area (Å²) in [4.78, 5) is 28.8. The average molecular weight is 352 g/mol. The standard InChI is InChI=1S/C19H17FN4O2/c1-12-10-17(25)18(23-24(12)16-8-4-3-7-15(16)20)19(26)22-13(2)14-6-5-9-21-11-14/h3-11,13H,1-2H3,(H,22,26)/t13-/m1/s1. The predicted molar refractivity (Wildman–Crippen MR) is 94.6 cm³/mol. The highest BCUT2D eigenvalue weighted by Gasteiger charge is 2.18. The van der Waals surface area contributed by atoms with Crippen LogP contribution < -0.4 is 10.7 Å². The first-order valence-electron chi connectivity index (χ1n) is 8.04. The van der Waals surface area contributed by atoms with Crippen LogP contribution in [0.2, 0.25) is 0 Å². The van der Waals surface area contributed by atoms with Gasteiger partial charge in [-0.25, -0.2) is 9.07 Å². The molecular formula is C19H17FN4O2. The van der Waals surface area contributed by atoms with Gasteiger partial charge in [-0.2, -0.15) is 5.10 Å². The first-order chi connectivity index (χ1) is 12.5. The molecule has 1 atom stereocenters. The minimum Gasteiger partial charge on any atom is -0.344 e. The Bertz CT molecular complexity index is 1000. The number of nitrogens with zero attached hydrogens (tertiary/aromatic N) is 3. The van der Waals surface area contributed by atoms with Crippen molar-refractivity contribution in [3.05, 3.63) is 87.9 Å². The van der Waals surface area contributed by atoms with Crippen LogP contribution in [0.3, 0.4) is 0 Å². The van der Waals surface area contributed by atoms with Crippen molar-refractivity contribution < 1.29 is 9.18 Å². The first-order valence-corrected chi connectivity index (χ1v) is 8.04. The second kappa shape index (κ2) is 7.26. The number of benzene rings is 1. The number of aromatic nitrogens is 3. The minimum atomic E-state index is -0.628. The number of nitrogens with one attached hydrogen (secondary N) is 1. The molecule has 1 aromatic carbocycles. The summed E-state index contributed by atoms with van der Waals surface area (Å²) in [7, 11) is 0. The van der Waals surface area contributed by atoms with Gasteiger partial charge in [0.25, 0.3) is 5.91 Å². The molecule has 2 heterocycles. The van der Waals surface area contributed by atoms with Gasteiger partial charge in [-0.3, -0.25) is 14.6 Å². The van der Waals surface area contributed by atoms with E-state index in [9.17, 15) is 14.0 Å². The topological polar surface area (TPSA) is 76.9 Å². The number of para-hydroxylation sites is 1. The maximum atomic E-state index is 14.1. The van der Waals surface area contributed by atoms with Crippen molar-refractivity contribution in [2.45, 2.75) is 19.9 Å². The maximum Gasteiger partial charge on any atom is 0.276 e. The smallest absolute Gasteiger partial charge is 0.276 e. The third kappa shape index (κ3) is 3.51. The summed E-state index contributed by atoms with van der Waals surface area (Å²) in [6.07, 6.45) is 3.26. The van der Waals surface area contributed by atoms with Crippen molar-refractivity contribution in [3.63, 3.8) is 0 Å². The second-order valence-electron chi connectivity index (χ2n) is 5.84. The summed E-state index contributed by atoms with van der Waals surface area (Å²) < 4.78 is 15.3. The maximum absolute atomic E-state index is 14.1. The molecule has 0 bridgehead atoms. The summed E-state index contributed by atoms with van der Waals surface area (Å²) in [5, 5.41) is 6.80. The van der Waals surface area contributed by atoms with Crippen LogP contribution in [0.15, 0.2) is 59.7 Å². The van der Waals surface area contributed by atoms with E-state index >= 15 is 0 Å². The van der Waals surface area contributed by atoms with E-state index in [0.29, 0.717) is 5.69 Å². The van der Waals surface area contributed by atoms with Crippen LogP contribution in [0.5, 0.6) is 0 Å². The number of carbonyl (C=O) groups excluding carboxylic acids is 1. The van der Waals surface area contributed by atoms with Crippen LogP contribution in [0, 0.1) is 12.7 Å². The normalized spacial score (nSPS) is 11.8. The molecule has 0 spiro atoms. The molecule has 2 aromatic heterocycles. The first kappa shape index (κ1) is 17.5. The van der Waals surface area contributed by atoms with Crippen molar-refractivity contribution >= 4 is 5.91 Å². The highest BCUT2D eigenvalue weighted by molar-refractivity contribution is 5.92. The van der Waals surface area contributed by atoms with Gasteiger partial charge in [0, 0.05) is 24.2 Å². The number of hydrogen-bond acceptors (Lipinski definition) is 4. The highest BCUT2D eigenvalue weighted by Crippen LogP contribution is 2.14. The molecule has 1 amide bonds. The van der Waals surface area contributed by atoms with Crippen molar-refractivity contribution in [2.24, 2.45) is 0 Å². The number of pyridine rings is 1. The van der Waals surface area contributed by atoms with Gasteiger partial charge >= 0.3 is 0 Å². The summed E-state index contributed by atoms with van der Waals surface area (Å²) in [5.41, 5.74) is 0.569. The van der Waals surface area contributed by atoms with E-state index in [4.69, 9.17) is 0 Å². The van der Waals surface area contributed by atoms with E-state index in [1.54, 1.807) is 44.4 Å². The lowest BCUT2D eigenvalue weighted by Gasteiger charge is -2.15. The molecule has 1 N–H and O–H groups in total. The summed E-state index contributed by atoms with van der Waals surface area (Å²) in [6.45, 7) is 3.40. The Morgan fingerprint density at radius 3 is 2.69 bits per heavy atom. The Morgan fingerprint density at radius 2 is 2.00 bits per heavy atom. The SMILES string of the molecule is Cc1cc(=O)c(C(=O)N[C@H](C)c2cccnc2)nn1-c1ccccc1F. The summed E-state index contributed by atoms with van der Waals surface area (Å²) >= 11 is 0. The zero-order valence-corrected chi connectivity index (χ0v) is 14.3. The molecule has 0 fully saturated rings. The zero-order valence-electron chi connectivity index (χ0n) is 14.3. The minimum absolute atomic E-state index is 0.166. The van der Waals surface area contributed by atoms with Crippen LogP contribution in [-0.4, -0.2) is 20.7 Å². The third-order valence-electron chi connectivity index (χ3n) is 3.94. The van der Waals surface area contributed by atoms with E-state index in [-0.39, 0.29) is 17.4 Å². The molecule has 132 valence electrons. The van der Waals surface area contributed by atoms with Crippen molar-refractivity contribution in [3.8, 4) is 5.69 Å². The van der Waals surface area contributed by atoms with Gasteiger partial charge in [0.1, 0.15) is 11.5 Å². The number of hydrogen-bond donors (Lipinski definition) is 1. The van der Waals surface area contributed by atoms with Crippen molar-refractivity contribution in [1.29, 1.82) is 0 Å². The molecular weight excluding hydrogens is 335 g/mol. The lowest BCUT2D eigenvalue weighted by atomic mass is 10.1. The molecule has 0 aliphatic carbocycles. The number of rotatable bonds is 4. The van der Waals surface area contributed by atoms with Crippen LogP contribution in [0.1, 0.15) is 34.7 Å². The van der Waals surface area contributed by atoms with Crippen LogP contribution in [0.4, 0.5) is 4.39 Å². The Labute approximate surface area is 149 Å². The van der Waals surface area contributed by atoms with Gasteiger partial charge in [-0.1, -0.05) is 18.2 Å². The van der Waals surface area contributed by atoms with E-state index in [0.717, 1.165) is 5.56 Å². The largest absolute Gasteiger partial charge is 0.344 e. The molecule has 0 saturated carbocycles. The second-order valence-corrected chi connectivity index (χ2v) is 5.84. The predicted octanol–water partition coefficient (Wildman–Crippen LogP) is 2.57. The number of halogens is 1. The molecule has 3 rings (SSSR count). The lowest BCUT2D eigenvalue weighted by molar-refractivity contribution is 0.0931. The molecule has 26 heavy (non-hydrogen) atoms. The van der Waals surface area contributed by atoms with Gasteiger partial charge in [0.05, 0.1) is 6.04 Å². The van der Waals surface area contributed by atoms with E-state index in [2.05, 4.69) is 15.4 Å². The van der Waals surface area contributed by atoms with Gasteiger partial charge < -0.3 is 5.32 Å². The molecule has 0 unspecified atom stereocenters. The molecule has 6 nitrogen and oxygen atoms in total. The summed E-state index contributed by atoms with van der Waals surface area (Å²) in [5.74, 6) is -1.13. The molecule has 0 radical (unpaired) electrons. The van der Waals surface area contributed by atoms with Gasteiger partial charge in [-0.15, -0.1) is 0 Å². The summed E-state index contributed by atoms with van der Waals surface area (Å²) in [6, 6.07) is 10.5. The fraction of sp³-hybridized carbons (Fsp3) is 0.158. The van der Waals surface area contributed by atoms with Gasteiger partial charge in [-0.05, 0) is 37.6 Å². The Hall–Kier alpha value is -3.35. The molecule has 0 aliphatic heterocycles. The fourth-order valence-corrected chi connectivity index (χ4v) is 2.55. The van der Waals surface area contributed by atoms with Gasteiger partial charge in [0.2, 0.25) is 5.43 Å². The highest BCUT2D eigenvalue weighted by atomic mass is 19.1. The van der Waals surface area contributed by atoms with E-state index in [1.165, 1.54) is 22.9 Å². The van der Waals surface area contributed by atoms with Crippen LogP contribution in [0.25, 0.3) is 5.69 Å². The van der Waals surface area contributed by atoms with Gasteiger partial charge in [0.15, 0.2) is 5.69 Å². The Balaban J connectivity index is 1.95. The monoisotopic (exact) mass is 352 g/mol. The molecule has 7 heteroatoms. The van der Waals surface area contributed by atoms with Crippen LogP contribution in [-0.2, 0) is 0 Å².